The van der Waals surface area contributed by atoms with Gasteiger partial charge in [0, 0.05) is 18.1 Å². The Morgan fingerprint density at radius 1 is 1.12 bits per heavy atom. The Labute approximate surface area is 99.9 Å². The summed E-state index contributed by atoms with van der Waals surface area (Å²) in [6.07, 6.45) is -0.255. The molecule has 1 aromatic rings. The van der Waals surface area contributed by atoms with Crippen LogP contribution in [0.2, 0.25) is 0 Å². The molecule has 0 amide bonds. The lowest BCUT2D eigenvalue weighted by atomic mass is 10.0. The molecule has 0 heterocycles. The summed E-state index contributed by atoms with van der Waals surface area (Å²) < 4.78 is 15.4. The fourth-order valence-electron chi connectivity index (χ4n) is 1.53. The smallest absolute Gasteiger partial charge is 0.164 e. The van der Waals surface area contributed by atoms with E-state index in [1.165, 1.54) is 21.3 Å². The molecule has 0 saturated carbocycles. The van der Waals surface area contributed by atoms with Gasteiger partial charge in [0.25, 0.3) is 0 Å². The first-order valence-electron chi connectivity index (χ1n) is 5.09. The van der Waals surface area contributed by atoms with Gasteiger partial charge in [-0.1, -0.05) is 0 Å². The molecule has 1 aromatic carbocycles. The maximum atomic E-state index is 10.4. The number of benzene rings is 1. The van der Waals surface area contributed by atoms with Crippen LogP contribution in [0.1, 0.15) is 18.1 Å². The zero-order chi connectivity index (χ0) is 12.8. The van der Waals surface area contributed by atoms with Crippen molar-refractivity contribution in [3.05, 3.63) is 17.7 Å². The summed E-state index contributed by atoms with van der Waals surface area (Å²) in [4.78, 5) is 10.4. The molecule has 0 saturated heterocycles. The van der Waals surface area contributed by atoms with Crippen molar-refractivity contribution >= 4 is 6.29 Å². The average molecular weight is 240 g/mol. The first-order chi connectivity index (χ1) is 8.17. The molecule has 0 bridgehead atoms. The molecule has 1 atom stereocenters. The quantitative estimate of drug-likeness (QED) is 0.760. The Balaban J connectivity index is 3.22. The SMILES string of the molecule is COc1cc(OC)c(C(O)CC=O)cc1OC. The summed E-state index contributed by atoms with van der Waals surface area (Å²) >= 11 is 0. The molecule has 0 fully saturated rings. The second-order valence-corrected chi connectivity index (χ2v) is 3.37. The Morgan fingerprint density at radius 3 is 2.12 bits per heavy atom. The molecule has 1 unspecified atom stereocenters. The predicted molar refractivity (Wildman–Crippen MR) is 61.7 cm³/mol. The largest absolute Gasteiger partial charge is 0.496 e. The minimum Gasteiger partial charge on any atom is -0.496 e. The van der Waals surface area contributed by atoms with E-state index in [1.54, 1.807) is 12.1 Å². The molecule has 0 aliphatic heterocycles. The molecule has 17 heavy (non-hydrogen) atoms. The van der Waals surface area contributed by atoms with E-state index >= 15 is 0 Å². The highest BCUT2D eigenvalue weighted by molar-refractivity contribution is 5.55. The van der Waals surface area contributed by atoms with E-state index in [4.69, 9.17) is 14.2 Å². The summed E-state index contributed by atoms with van der Waals surface area (Å²) in [6.45, 7) is 0. The van der Waals surface area contributed by atoms with Crippen molar-refractivity contribution in [2.24, 2.45) is 0 Å². The van der Waals surface area contributed by atoms with Crippen molar-refractivity contribution in [2.45, 2.75) is 12.5 Å². The number of carbonyl (C=O) groups excluding carboxylic acids is 1. The minimum atomic E-state index is -0.915. The first kappa shape index (κ1) is 13.3. The highest BCUT2D eigenvalue weighted by Crippen LogP contribution is 2.37. The van der Waals surface area contributed by atoms with Gasteiger partial charge < -0.3 is 24.1 Å². The van der Waals surface area contributed by atoms with Gasteiger partial charge in [-0.2, -0.15) is 0 Å². The van der Waals surface area contributed by atoms with Crippen LogP contribution in [0.15, 0.2) is 12.1 Å². The van der Waals surface area contributed by atoms with Gasteiger partial charge in [0.2, 0.25) is 0 Å². The van der Waals surface area contributed by atoms with E-state index in [-0.39, 0.29) is 6.42 Å². The number of ether oxygens (including phenoxy) is 3. The van der Waals surface area contributed by atoms with Gasteiger partial charge in [-0.3, -0.25) is 0 Å². The van der Waals surface area contributed by atoms with E-state index in [0.717, 1.165) is 0 Å². The Morgan fingerprint density at radius 2 is 1.65 bits per heavy atom. The van der Waals surface area contributed by atoms with Gasteiger partial charge in [-0.05, 0) is 6.07 Å². The molecule has 5 heteroatoms. The molecule has 94 valence electrons. The number of carbonyl (C=O) groups is 1. The standard InChI is InChI=1S/C12H16O5/c1-15-10-7-12(17-3)11(16-2)6-8(10)9(14)4-5-13/h5-7,9,14H,4H2,1-3H3. The third-order valence-electron chi connectivity index (χ3n) is 2.41. The molecule has 0 aliphatic carbocycles. The van der Waals surface area contributed by atoms with Crippen molar-refractivity contribution in [1.82, 2.24) is 0 Å². The van der Waals surface area contributed by atoms with E-state index in [2.05, 4.69) is 0 Å². The number of methoxy groups -OCH3 is 3. The van der Waals surface area contributed by atoms with Gasteiger partial charge in [0.15, 0.2) is 11.5 Å². The number of hydrogen-bond acceptors (Lipinski definition) is 5. The van der Waals surface area contributed by atoms with Gasteiger partial charge in [-0.15, -0.1) is 0 Å². The maximum Gasteiger partial charge on any atom is 0.164 e. The molecular weight excluding hydrogens is 224 g/mol. The normalized spacial score (nSPS) is 11.8. The van der Waals surface area contributed by atoms with Crippen molar-refractivity contribution in [3.63, 3.8) is 0 Å². The van der Waals surface area contributed by atoms with Crippen LogP contribution in [0.25, 0.3) is 0 Å². The molecule has 0 radical (unpaired) electrons. The van der Waals surface area contributed by atoms with Crippen LogP contribution < -0.4 is 14.2 Å². The molecule has 0 aromatic heterocycles. The highest BCUT2D eigenvalue weighted by Gasteiger charge is 2.17. The maximum absolute atomic E-state index is 10.4. The van der Waals surface area contributed by atoms with Crippen molar-refractivity contribution in [1.29, 1.82) is 0 Å². The van der Waals surface area contributed by atoms with Crippen LogP contribution in [0, 0.1) is 0 Å². The monoisotopic (exact) mass is 240 g/mol. The van der Waals surface area contributed by atoms with Crippen LogP contribution >= 0.6 is 0 Å². The van der Waals surface area contributed by atoms with Crippen LogP contribution in [-0.4, -0.2) is 32.7 Å². The van der Waals surface area contributed by atoms with Gasteiger partial charge in [0.05, 0.1) is 27.4 Å². The summed E-state index contributed by atoms with van der Waals surface area (Å²) in [6, 6.07) is 3.22. The second-order valence-electron chi connectivity index (χ2n) is 3.37. The van der Waals surface area contributed by atoms with Crippen molar-refractivity contribution in [2.75, 3.05) is 21.3 Å². The molecule has 5 nitrogen and oxygen atoms in total. The van der Waals surface area contributed by atoms with Gasteiger partial charge in [0.1, 0.15) is 12.0 Å². The Bertz CT molecular complexity index is 389. The molecule has 1 N–H and O–H groups in total. The summed E-state index contributed by atoms with van der Waals surface area (Å²) in [5.74, 6) is 1.44. The zero-order valence-electron chi connectivity index (χ0n) is 10.1. The minimum absolute atomic E-state index is 0.00580. The summed E-state index contributed by atoms with van der Waals surface area (Å²) in [5.41, 5.74) is 0.497. The predicted octanol–water partition coefficient (Wildman–Crippen LogP) is 1.33. The summed E-state index contributed by atoms with van der Waals surface area (Å²) in [7, 11) is 4.50. The number of aliphatic hydroxyl groups is 1. The van der Waals surface area contributed by atoms with Crippen LogP contribution in [0.4, 0.5) is 0 Å². The van der Waals surface area contributed by atoms with Crippen molar-refractivity contribution in [3.8, 4) is 17.2 Å². The Kier molecular flexibility index (Phi) is 4.78. The highest BCUT2D eigenvalue weighted by atomic mass is 16.5. The van der Waals surface area contributed by atoms with Crippen LogP contribution in [0.5, 0.6) is 17.2 Å². The number of aliphatic hydroxyl groups excluding tert-OH is 1. The number of hydrogen-bond donors (Lipinski definition) is 1. The third kappa shape index (κ3) is 2.88. The number of aldehydes is 1. The van der Waals surface area contributed by atoms with E-state index in [1.807, 2.05) is 0 Å². The molecule has 0 spiro atoms. The van der Waals surface area contributed by atoms with E-state index in [0.29, 0.717) is 29.1 Å². The number of rotatable bonds is 6. The second kappa shape index (κ2) is 6.10. The lowest BCUT2D eigenvalue weighted by Gasteiger charge is -2.16. The van der Waals surface area contributed by atoms with Gasteiger partial charge >= 0.3 is 0 Å². The lowest BCUT2D eigenvalue weighted by molar-refractivity contribution is -0.109. The van der Waals surface area contributed by atoms with Crippen LogP contribution in [-0.2, 0) is 4.79 Å². The summed E-state index contributed by atoms with van der Waals surface area (Å²) in [5, 5.41) is 9.81. The first-order valence-corrected chi connectivity index (χ1v) is 5.09. The Hall–Kier alpha value is -1.75. The molecule has 0 aliphatic rings. The third-order valence-corrected chi connectivity index (χ3v) is 2.41. The fraction of sp³-hybridized carbons (Fsp3) is 0.417. The fourth-order valence-corrected chi connectivity index (χ4v) is 1.53. The van der Waals surface area contributed by atoms with Gasteiger partial charge in [-0.25, -0.2) is 0 Å². The average Bonchev–Trinajstić information content (AvgIpc) is 2.37. The molecular formula is C12H16O5. The van der Waals surface area contributed by atoms with E-state index in [9.17, 15) is 9.90 Å². The lowest BCUT2D eigenvalue weighted by Crippen LogP contribution is -2.03. The van der Waals surface area contributed by atoms with Crippen molar-refractivity contribution < 1.29 is 24.1 Å². The van der Waals surface area contributed by atoms with Crippen LogP contribution in [0.3, 0.4) is 0 Å². The van der Waals surface area contributed by atoms with E-state index < -0.39 is 6.10 Å². The zero-order valence-corrected chi connectivity index (χ0v) is 10.1. The molecule has 1 rings (SSSR count). The topological polar surface area (TPSA) is 65.0 Å².